The van der Waals surface area contributed by atoms with Gasteiger partial charge >= 0.3 is 5.97 Å². The molecule has 1 aliphatic rings. The Labute approximate surface area is 124 Å². The van der Waals surface area contributed by atoms with E-state index in [1.807, 2.05) is 6.07 Å². The molecule has 0 saturated carbocycles. The molecular weight excluding hydrogens is 282 g/mol. The lowest BCUT2D eigenvalue weighted by Gasteiger charge is -2.41. The molecule has 1 aromatic rings. The molecule has 0 amide bonds. The number of halogens is 1. The fourth-order valence-corrected chi connectivity index (χ4v) is 3.56. The van der Waals surface area contributed by atoms with Crippen LogP contribution in [-0.2, 0) is 0 Å². The Hall–Kier alpha value is -0.840. The van der Waals surface area contributed by atoms with Crippen LogP contribution < -0.4 is 17.7 Å². The lowest BCUT2D eigenvalue weighted by atomic mass is 9.83. The molecule has 1 aromatic heterocycles. The average Bonchev–Trinajstić information content (AvgIpc) is 2.60. The minimum Gasteiger partial charge on any atom is -1.00 e. The van der Waals surface area contributed by atoms with Gasteiger partial charge in [-0.1, -0.05) is 6.08 Å². The van der Waals surface area contributed by atoms with Crippen LogP contribution in [0.1, 0.15) is 48.7 Å². The molecule has 0 bridgehead atoms. The van der Waals surface area contributed by atoms with E-state index in [2.05, 4.69) is 39.1 Å². The van der Waals surface area contributed by atoms with Gasteiger partial charge in [-0.25, -0.2) is 4.79 Å². The first-order valence-electron chi connectivity index (χ1n) is 6.03. The minimum atomic E-state index is -0.848. The van der Waals surface area contributed by atoms with Crippen LogP contribution in [0.2, 0.25) is 0 Å². The summed E-state index contributed by atoms with van der Waals surface area (Å²) < 4.78 is 0. The summed E-state index contributed by atoms with van der Waals surface area (Å²) in [6, 6.07) is 3.60. The first-order chi connectivity index (χ1) is 8.19. The SMILES string of the molecule is CC1(C)C=C(c2ccc(C(=O)O)s2)CC(C)(C)N1.[Cl-]. The Balaban J connectivity index is 0.00000180. The molecule has 3 nitrogen and oxygen atoms in total. The number of thiophene rings is 1. The van der Waals surface area contributed by atoms with Gasteiger partial charge in [0.25, 0.3) is 0 Å². The zero-order valence-electron chi connectivity index (χ0n) is 11.6. The molecule has 2 heterocycles. The third-order valence-corrected chi connectivity index (χ3v) is 4.11. The van der Waals surface area contributed by atoms with Gasteiger partial charge in [-0.3, -0.25) is 0 Å². The molecule has 0 aliphatic carbocycles. The van der Waals surface area contributed by atoms with Crippen LogP contribution in [0.15, 0.2) is 18.2 Å². The second-order valence-electron chi connectivity index (χ2n) is 6.05. The molecule has 0 spiro atoms. The summed E-state index contributed by atoms with van der Waals surface area (Å²) in [4.78, 5) is 12.4. The maximum atomic E-state index is 10.9. The molecule has 0 atom stereocenters. The van der Waals surface area contributed by atoms with Crippen LogP contribution in [0.25, 0.3) is 5.57 Å². The zero-order valence-corrected chi connectivity index (χ0v) is 13.2. The predicted octanol–water partition coefficient (Wildman–Crippen LogP) is 0.384. The van der Waals surface area contributed by atoms with Crippen molar-refractivity contribution in [3.8, 4) is 0 Å². The van der Waals surface area contributed by atoms with Crippen LogP contribution >= 0.6 is 11.3 Å². The monoisotopic (exact) mass is 300 g/mol. The largest absolute Gasteiger partial charge is 1.00 e. The van der Waals surface area contributed by atoms with Gasteiger partial charge in [0.05, 0.1) is 0 Å². The Morgan fingerprint density at radius 1 is 1.32 bits per heavy atom. The number of aromatic carboxylic acids is 1. The van der Waals surface area contributed by atoms with E-state index in [9.17, 15) is 4.79 Å². The molecule has 0 saturated heterocycles. The van der Waals surface area contributed by atoms with Gasteiger partial charge in [-0.15, -0.1) is 11.3 Å². The highest BCUT2D eigenvalue weighted by Gasteiger charge is 2.32. The van der Waals surface area contributed by atoms with Crippen LogP contribution in [-0.4, -0.2) is 22.2 Å². The number of nitrogens with one attached hydrogen (secondary N) is 1. The van der Waals surface area contributed by atoms with Gasteiger partial charge in [0.2, 0.25) is 0 Å². The third-order valence-electron chi connectivity index (χ3n) is 2.96. The van der Waals surface area contributed by atoms with Crippen molar-refractivity contribution in [1.29, 1.82) is 0 Å². The van der Waals surface area contributed by atoms with Crippen molar-refractivity contribution in [3.05, 3.63) is 28.0 Å². The number of rotatable bonds is 2. The molecule has 0 aromatic carbocycles. The van der Waals surface area contributed by atoms with Gasteiger partial charge in [0.1, 0.15) is 4.88 Å². The van der Waals surface area contributed by atoms with Gasteiger partial charge in [0.15, 0.2) is 0 Å². The average molecular weight is 301 g/mol. The second kappa shape index (κ2) is 5.27. The minimum absolute atomic E-state index is 0. The molecule has 2 N–H and O–H groups in total. The van der Waals surface area contributed by atoms with Crippen molar-refractivity contribution >= 4 is 22.9 Å². The fraction of sp³-hybridized carbons (Fsp3) is 0.500. The molecule has 0 unspecified atom stereocenters. The smallest absolute Gasteiger partial charge is 0.345 e. The Bertz CT molecular complexity index is 517. The standard InChI is InChI=1S/C14H19NO2S.ClH/c1-13(2)7-9(8-14(3,4)15-13)10-5-6-11(18-10)12(16)17;/h5-7,15H,8H2,1-4H3,(H,16,17);1H/p-1. The maximum Gasteiger partial charge on any atom is 0.345 e. The van der Waals surface area contributed by atoms with Crippen LogP contribution in [0, 0.1) is 0 Å². The molecule has 106 valence electrons. The van der Waals surface area contributed by atoms with Gasteiger partial charge < -0.3 is 22.8 Å². The van der Waals surface area contributed by atoms with Gasteiger partial charge in [-0.2, -0.15) is 0 Å². The van der Waals surface area contributed by atoms with E-state index in [4.69, 9.17) is 5.11 Å². The summed E-state index contributed by atoms with van der Waals surface area (Å²) in [7, 11) is 0. The number of carboxylic acid groups (broad SMARTS) is 1. The third kappa shape index (κ3) is 3.81. The Morgan fingerprint density at radius 2 is 1.95 bits per heavy atom. The van der Waals surface area contributed by atoms with E-state index in [1.165, 1.54) is 16.9 Å². The first-order valence-corrected chi connectivity index (χ1v) is 6.85. The molecule has 0 fully saturated rings. The Kier molecular flexibility index (Phi) is 4.50. The van der Waals surface area contributed by atoms with Crippen molar-refractivity contribution in [2.45, 2.75) is 45.2 Å². The zero-order chi connectivity index (χ0) is 13.6. The van der Waals surface area contributed by atoms with Crippen molar-refractivity contribution in [3.63, 3.8) is 0 Å². The summed E-state index contributed by atoms with van der Waals surface area (Å²) in [5, 5.41) is 12.6. The predicted molar refractivity (Wildman–Crippen MR) is 75.2 cm³/mol. The Morgan fingerprint density at radius 3 is 2.42 bits per heavy atom. The van der Waals surface area contributed by atoms with E-state index in [0.717, 1.165) is 11.3 Å². The van der Waals surface area contributed by atoms with Crippen molar-refractivity contribution in [2.24, 2.45) is 0 Å². The van der Waals surface area contributed by atoms with Crippen molar-refractivity contribution in [2.75, 3.05) is 0 Å². The summed E-state index contributed by atoms with van der Waals surface area (Å²) in [6.45, 7) is 8.63. The number of hydrogen-bond donors (Lipinski definition) is 2. The quantitative estimate of drug-likeness (QED) is 0.830. The van der Waals surface area contributed by atoms with Crippen LogP contribution in [0.5, 0.6) is 0 Å². The van der Waals surface area contributed by atoms with E-state index in [1.54, 1.807) is 6.07 Å². The molecule has 5 heteroatoms. The molecule has 0 radical (unpaired) electrons. The fourth-order valence-electron chi connectivity index (χ4n) is 2.70. The van der Waals surface area contributed by atoms with E-state index in [0.29, 0.717) is 4.88 Å². The number of carboxylic acids is 1. The highest BCUT2D eigenvalue weighted by Crippen LogP contribution is 2.36. The highest BCUT2D eigenvalue weighted by molar-refractivity contribution is 7.15. The molecular formula is C14H19ClNO2S-. The lowest BCUT2D eigenvalue weighted by Crippen LogP contribution is -3.00. The highest BCUT2D eigenvalue weighted by atomic mass is 35.5. The summed E-state index contributed by atoms with van der Waals surface area (Å²) >= 11 is 1.35. The van der Waals surface area contributed by atoms with E-state index >= 15 is 0 Å². The summed E-state index contributed by atoms with van der Waals surface area (Å²) in [5.74, 6) is -0.848. The van der Waals surface area contributed by atoms with Crippen LogP contribution in [0.3, 0.4) is 0 Å². The summed E-state index contributed by atoms with van der Waals surface area (Å²) in [6.07, 6.45) is 3.12. The number of carbonyl (C=O) groups is 1. The van der Waals surface area contributed by atoms with Crippen LogP contribution in [0.4, 0.5) is 0 Å². The van der Waals surface area contributed by atoms with E-state index < -0.39 is 5.97 Å². The molecule has 1 aliphatic heterocycles. The van der Waals surface area contributed by atoms with Crippen molar-refractivity contribution in [1.82, 2.24) is 5.32 Å². The molecule has 2 rings (SSSR count). The van der Waals surface area contributed by atoms with Crippen molar-refractivity contribution < 1.29 is 22.3 Å². The summed E-state index contributed by atoms with van der Waals surface area (Å²) in [5.41, 5.74) is 1.20. The first kappa shape index (κ1) is 16.2. The van der Waals surface area contributed by atoms with Gasteiger partial charge in [-0.05, 0) is 51.8 Å². The topological polar surface area (TPSA) is 49.3 Å². The van der Waals surface area contributed by atoms with Gasteiger partial charge in [0, 0.05) is 16.0 Å². The molecule has 19 heavy (non-hydrogen) atoms. The normalized spacial score (nSPS) is 20.3. The van der Waals surface area contributed by atoms with E-state index in [-0.39, 0.29) is 23.5 Å². The maximum absolute atomic E-state index is 10.9. The second-order valence-corrected chi connectivity index (χ2v) is 7.13. The number of hydrogen-bond acceptors (Lipinski definition) is 3. The lowest BCUT2D eigenvalue weighted by molar-refractivity contribution is -0.0000209.